The van der Waals surface area contributed by atoms with Gasteiger partial charge in [-0.25, -0.2) is 0 Å². The fraction of sp³-hybridized carbons (Fsp3) is 0.444. The van der Waals surface area contributed by atoms with Crippen LogP contribution in [0.4, 0.5) is 0 Å². The monoisotopic (exact) mass is 444 g/mol. The van der Waals surface area contributed by atoms with E-state index in [4.69, 9.17) is 0 Å². The summed E-state index contributed by atoms with van der Waals surface area (Å²) in [4.78, 5) is 36.3. The van der Waals surface area contributed by atoms with Gasteiger partial charge < -0.3 is 9.80 Å². The minimum atomic E-state index is 0.0545. The van der Waals surface area contributed by atoms with E-state index in [1.165, 1.54) is 5.56 Å². The number of nitrogens with zero attached hydrogens (tertiary/aromatic N) is 4. The third-order valence-corrected chi connectivity index (χ3v) is 7.60. The van der Waals surface area contributed by atoms with E-state index in [0.717, 1.165) is 65.1 Å². The average molecular weight is 445 g/mol. The number of pyridine rings is 1. The molecule has 5 rings (SSSR count). The molecular weight excluding hydrogens is 412 g/mol. The number of hydrogen-bond donors (Lipinski definition) is 0. The van der Waals surface area contributed by atoms with Gasteiger partial charge in [-0.1, -0.05) is 42.5 Å². The van der Waals surface area contributed by atoms with Crippen molar-refractivity contribution in [2.24, 2.45) is 11.3 Å². The molecule has 0 N–H and O–H groups in total. The first kappa shape index (κ1) is 21.8. The van der Waals surface area contributed by atoms with Crippen LogP contribution in [-0.4, -0.2) is 77.3 Å². The molecule has 0 unspecified atom stereocenters. The van der Waals surface area contributed by atoms with Crippen LogP contribution in [0.15, 0.2) is 60.9 Å². The Labute approximate surface area is 195 Å². The second-order valence-electron chi connectivity index (χ2n) is 9.59. The quantitative estimate of drug-likeness (QED) is 0.711. The lowest BCUT2D eigenvalue weighted by Gasteiger charge is -2.36. The number of amides is 2. The molecule has 1 aliphatic carbocycles. The maximum absolute atomic E-state index is 13.2. The van der Waals surface area contributed by atoms with Crippen LogP contribution < -0.4 is 0 Å². The largest absolute Gasteiger partial charge is 0.340 e. The summed E-state index contributed by atoms with van der Waals surface area (Å²) in [5.41, 5.74) is 1.99. The minimum Gasteiger partial charge on any atom is -0.340 e. The van der Waals surface area contributed by atoms with Crippen LogP contribution in [-0.2, 0) is 4.79 Å². The number of piperidine rings is 1. The van der Waals surface area contributed by atoms with Crippen molar-refractivity contribution in [3.8, 4) is 0 Å². The number of piperazine rings is 1. The van der Waals surface area contributed by atoms with Gasteiger partial charge in [-0.2, -0.15) is 0 Å². The molecule has 3 fully saturated rings. The molecule has 0 bridgehead atoms. The standard InChI is InChI=1S/C27H32N4O2/c32-25(23-9-4-12-28-21-23)30-14-10-27(11-15-30)20-24(27)26(33)31-18-16-29(17-19-31)13-5-8-22-6-2-1-3-7-22/h1-9,12,21,24H,10-11,13-20H2/b8-5+/t24-/m1/s1. The van der Waals surface area contributed by atoms with Gasteiger partial charge in [0.15, 0.2) is 0 Å². The molecule has 2 amide bonds. The van der Waals surface area contributed by atoms with Crippen LogP contribution >= 0.6 is 0 Å². The van der Waals surface area contributed by atoms with Gasteiger partial charge in [0.1, 0.15) is 0 Å². The Morgan fingerprint density at radius 1 is 0.939 bits per heavy atom. The molecule has 2 aromatic rings. The first-order chi connectivity index (χ1) is 16.1. The summed E-state index contributed by atoms with van der Waals surface area (Å²) >= 11 is 0. The van der Waals surface area contributed by atoms with Crippen LogP contribution in [0.5, 0.6) is 0 Å². The summed E-state index contributed by atoms with van der Waals surface area (Å²) in [5, 5.41) is 0. The number of carbonyl (C=O) groups excluding carboxylic acids is 2. The molecule has 33 heavy (non-hydrogen) atoms. The van der Waals surface area contributed by atoms with E-state index in [2.05, 4.69) is 51.2 Å². The molecule has 3 heterocycles. The van der Waals surface area contributed by atoms with E-state index in [1.807, 2.05) is 17.0 Å². The van der Waals surface area contributed by atoms with Crippen LogP contribution in [0.2, 0.25) is 0 Å². The van der Waals surface area contributed by atoms with Gasteiger partial charge in [0, 0.05) is 64.1 Å². The molecule has 2 aliphatic heterocycles. The Hall–Kier alpha value is -2.99. The normalized spacial score (nSPS) is 22.6. The van der Waals surface area contributed by atoms with Crippen molar-refractivity contribution in [2.45, 2.75) is 19.3 Å². The Kier molecular flexibility index (Phi) is 6.27. The molecule has 6 nitrogen and oxygen atoms in total. The first-order valence-electron chi connectivity index (χ1n) is 12.1. The maximum Gasteiger partial charge on any atom is 0.255 e. The van der Waals surface area contributed by atoms with Crippen LogP contribution in [0.25, 0.3) is 6.08 Å². The van der Waals surface area contributed by atoms with E-state index >= 15 is 0 Å². The van der Waals surface area contributed by atoms with Crippen LogP contribution in [0, 0.1) is 11.3 Å². The van der Waals surface area contributed by atoms with E-state index in [1.54, 1.807) is 18.5 Å². The van der Waals surface area contributed by atoms with Gasteiger partial charge in [0.2, 0.25) is 5.91 Å². The van der Waals surface area contributed by atoms with Crippen molar-refractivity contribution in [3.05, 3.63) is 72.1 Å². The van der Waals surface area contributed by atoms with Crippen LogP contribution in [0.3, 0.4) is 0 Å². The number of carbonyl (C=O) groups is 2. The Morgan fingerprint density at radius 3 is 2.39 bits per heavy atom. The Balaban J connectivity index is 1.06. The van der Waals surface area contributed by atoms with E-state index in [-0.39, 0.29) is 17.2 Å². The predicted molar refractivity (Wildman–Crippen MR) is 128 cm³/mol. The van der Waals surface area contributed by atoms with Gasteiger partial charge >= 0.3 is 0 Å². The number of rotatable bonds is 5. The predicted octanol–water partition coefficient (Wildman–Crippen LogP) is 3.18. The lowest BCUT2D eigenvalue weighted by Crippen LogP contribution is -2.49. The third-order valence-electron chi connectivity index (χ3n) is 7.60. The van der Waals surface area contributed by atoms with E-state index in [9.17, 15) is 9.59 Å². The molecule has 0 radical (unpaired) electrons. The minimum absolute atomic E-state index is 0.0545. The second-order valence-corrected chi connectivity index (χ2v) is 9.59. The van der Waals surface area contributed by atoms with E-state index < -0.39 is 0 Å². The number of benzene rings is 1. The van der Waals surface area contributed by atoms with Gasteiger partial charge in [-0.15, -0.1) is 0 Å². The molecule has 6 heteroatoms. The topological polar surface area (TPSA) is 56.8 Å². The van der Waals surface area contributed by atoms with Gasteiger partial charge in [0.25, 0.3) is 5.91 Å². The zero-order valence-electron chi connectivity index (χ0n) is 19.1. The number of likely N-dealkylation sites (tertiary alicyclic amines) is 1. The lowest BCUT2D eigenvalue weighted by atomic mass is 9.90. The van der Waals surface area contributed by atoms with Gasteiger partial charge in [0.05, 0.1) is 5.56 Å². The Morgan fingerprint density at radius 2 is 1.70 bits per heavy atom. The molecule has 1 spiro atoms. The number of hydrogen-bond acceptors (Lipinski definition) is 4. The third kappa shape index (κ3) is 4.86. The summed E-state index contributed by atoms with van der Waals surface area (Å²) in [7, 11) is 0. The smallest absolute Gasteiger partial charge is 0.255 e. The SMILES string of the molecule is O=C(c1cccnc1)N1CCC2(CC1)C[C@@H]2C(=O)N1CCN(C/C=C/c2ccccc2)CC1. The molecule has 1 aromatic carbocycles. The highest BCUT2D eigenvalue weighted by Gasteiger charge is 2.59. The molecule has 172 valence electrons. The maximum atomic E-state index is 13.2. The summed E-state index contributed by atoms with van der Waals surface area (Å²) in [6.07, 6.45) is 10.5. The van der Waals surface area contributed by atoms with Crippen molar-refractivity contribution in [1.82, 2.24) is 19.7 Å². The fourth-order valence-electron chi connectivity index (χ4n) is 5.35. The molecule has 2 saturated heterocycles. The van der Waals surface area contributed by atoms with Crippen molar-refractivity contribution < 1.29 is 9.59 Å². The highest BCUT2D eigenvalue weighted by Crippen LogP contribution is 2.60. The fourth-order valence-corrected chi connectivity index (χ4v) is 5.35. The second kappa shape index (κ2) is 9.48. The summed E-state index contributed by atoms with van der Waals surface area (Å²) < 4.78 is 0. The summed E-state index contributed by atoms with van der Waals surface area (Å²) in [6, 6.07) is 14.0. The summed E-state index contributed by atoms with van der Waals surface area (Å²) in [5.74, 6) is 0.540. The zero-order valence-corrected chi connectivity index (χ0v) is 19.1. The van der Waals surface area contributed by atoms with Gasteiger partial charge in [-0.3, -0.25) is 19.5 Å². The Bertz CT molecular complexity index is 991. The molecule has 3 aliphatic rings. The average Bonchev–Trinajstić information content (AvgIpc) is 3.58. The van der Waals surface area contributed by atoms with Crippen LogP contribution in [0.1, 0.15) is 35.2 Å². The van der Waals surface area contributed by atoms with Crippen molar-refractivity contribution in [1.29, 1.82) is 0 Å². The van der Waals surface area contributed by atoms with Gasteiger partial charge in [-0.05, 0) is 42.4 Å². The molecular formula is C27H32N4O2. The highest BCUT2D eigenvalue weighted by molar-refractivity contribution is 5.94. The van der Waals surface area contributed by atoms with Crippen molar-refractivity contribution >= 4 is 17.9 Å². The molecule has 1 saturated carbocycles. The molecule has 1 aromatic heterocycles. The number of aromatic nitrogens is 1. The highest BCUT2D eigenvalue weighted by atomic mass is 16.2. The van der Waals surface area contributed by atoms with Crippen molar-refractivity contribution in [2.75, 3.05) is 45.8 Å². The zero-order chi connectivity index (χ0) is 22.7. The van der Waals surface area contributed by atoms with E-state index in [0.29, 0.717) is 11.5 Å². The van der Waals surface area contributed by atoms with Crippen molar-refractivity contribution in [3.63, 3.8) is 0 Å². The lowest BCUT2D eigenvalue weighted by molar-refractivity contribution is -0.135. The molecule has 1 atom stereocenters. The summed E-state index contributed by atoms with van der Waals surface area (Å²) in [6.45, 7) is 5.88. The first-order valence-corrected chi connectivity index (χ1v) is 12.1.